The largest absolute Gasteiger partial charge is 0.488 e. The Hall–Kier alpha value is -0.690. The van der Waals surface area contributed by atoms with Crippen LogP contribution in [-0.4, -0.2) is 38.6 Å². The Morgan fingerprint density at radius 3 is 2.84 bits per heavy atom. The van der Waals surface area contributed by atoms with Crippen molar-refractivity contribution < 1.29 is 18.6 Å². The molecular weight excluding hydrogens is 317 g/mol. The molecule has 0 radical (unpaired) electrons. The van der Waals surface area contributed by atoms with Crippen molar-refractivity contribution in [2.45, 2.75) is 24.7 Å². The van der Waals surface area contributed by atoms with Crippen molar-refractivity contribution in [2.24, 2.45) is 5.73 Å². The molecule has 2 rings (SSSR count). The van der Waals surface area contributed by atoms with Gasteiger partial charge in [-0.2, -0.15) is 0 Å². The van der Waals surface area contributed by atoms with Gasteiger partial charge < -0.3 is 19.9 Å². The van der Waals surface area contributed by atoms with Crippen molar-refractivity contribution in [1.82, 2.24) is 0 Å². The minimum atomic E-state index is -0.314. The van der Waals surface area contributed by atoms with E-state index in [-0.39, 0.29) is 24.1 Å². The van der Waals surface area contributed by atoms with Crippen LogP contribution < -0.4 is 10.5 Å². The minimum Gasteiger partial charge on any atom is -0.488 e. The molecule has 19 heavy (non-hydrogen) atoms. The Bertz CT molecular complexity index is 432. The zero-order valence-electron chi connectivity index (χ0n) is 10.6. The first-order chi connectivity index (χ1) is 9.11. The first-order valence-corrected chi connectivity index (χ1v) is 6.89. The van der Waals surface area contributed by atoms with E-state index >= 15 is 0 Å². The number of ether oxygens (including phenoxy) is 3. The molecule has 3 atom stereocenters. The van der Waals surface area contributed by atoms with Gasteiger partial charge in [0.2, 0.25) is 0 Å². The lowest BCUT2D eigenvalue weighted by Gasteiger charge is -2.41. The maximum atomic E-state index is 13.1. The molecule has 4 nitrogen and oxygen atoms in total. The lowest BCUT2D eigenvalue weighted by atomic mass is 9.86. The molecule has 1 aromatic carbocycles. The number of hydrogen-bond acceptors (Lipinski definition) is 4. The first kappa shape index (κ1) is 14.7. The molecule has 1 aliphatic rings. The molecule has 0 spiro atoms. The van der Waals surface area contributed by atoms with E-state index in [1.165, 1.54) is 6.07 Å². The third-order valence-corrected chi connectivity index (χ3v) is 3.68. The maximum absolute atomic E-state index is 13.1. The zero-order valence-corrected chi connectivity index (χ0v) is 12.2. The summed E-state index contributed by atoms with van der Waals surface area (Å²) in [5, 5.41) is 0. The Morgan fingerprint density at radius 2 is 2.21 bits per heavy atom. The fourth-order valence-corrected chi connectivity index (χ4v) is 2.31. The number of halogens is 2. The van der Waals surface area contributed by atoms with Gasteiger partial charge in [-0.3, -0.25) is 0 Å². The summed E-state index contributed by atoms with van der Waals surface area (Å²) >= 11 is 3.13. The van der Waals surface area contributed by atoms with Gasteiger partial charge in [-0.25, -0.2) is 4.39 Å². The van der Waals surface area contributed by atoms with Crippen LogP contribution >= 0.6 is 15.9 Å². The quantitative estimate of drug-likeness (QED) is 0.810. The van der Waals surface area contributed by atoms with E-state index in [4.69, 9.17) is 19.9 Å². The van der Waals surface area contributed by atoms with Crippen molar-refractivity contribution in [3.63, 3.8) is 0 Å². The van der Waals surface area contributed by atoms with Gasteiger partial charge in [-0.05, 0) is 34.1 Å². The fourth-order valence-electron chi connectivity index (χ4n) is 1.95. The minimum absolute atomic E-state index is 0.0225. The SMILES string of the molecule is COCCOC1C(N)CC1Oc1ccc(F)c(Br)c1. The summed E-state index contributed by atoms with van der Waals surface area (Å²) in [6.45, 7) is 1.01. The highest BCUT2D eigenvalue weighted by Gasteiger charge is 2.41. The van der Waals surface area contributed by atoms with Gasteiger partial charge in [0.15, 0.2) is 0 Å². The molecule has 0 aliphatic heterocycles. The van der Waals surface area contributed by atoms with Crippen LogP contribution in [0.1, 0.15) is 6.42 Å². The van der Waals surface area contributed by atoms with E-state index in [2.05, 4.69) is 15.9 Å². The molecule has 0 heterocycles. The molecule has 0 saturated heterocycles. The van der Waals surface area contributed by atoms with Gasteiger partial charge in [0.05, 0.1) is 17.7 Å². The molecule has 106 valence electrons. The van der Waals surface area contributed by atoms with Crippen LogP contribution in [0.5, 0.6) is 5.75 Å². The second-order valence-corrected chi connectivity index (χ2v) is 5.31. The average Bonchev–Trinajstić information content (AvgIpc) is 2.38. The smallest absolute Gasteiger partial charge is 0.137 e. The Kier molecular flexibility index (Phi) is 5.15. The number of rotatable bonds is 6. The van der Waals surface area contributed by atoms with Crippen LogP contribution in [0, 0.1) is 5.82 Å². The number of methoxy groups -OCH3 is 1. The van der Waals surface area contributed by atoms with Crippen molar-refractivity contribution in [1.29, 1.82) is 0 Å². The summed E-state index contributed by atoms with van der Waals surface area (Å²) < 4.78 is 29.8. The molecule has 2 N–H and O–H groups in total. The number of benzene rings is 1. The molecule has 0 bridgehead atoms. The highest BCUT2D eigenvalue weighted by atomic mass is 79.9. The Labute approximate surface area is 120 Å². The molecule has 6 heteroatoms. The number of hydrogen-bond donors (Lipinski definition) is 1. The van der Waals surface area contributed by atoms with Gasteiger partial charge in [0.1, 0.15) is 23.8 Å². The molecule has 1 saturated carbocycles. The second-order valence-electron chi connectivity index (χ2n) is 4.46. The highest BCUT2D eigenvalue weighted by molar-refractivity contribution is 9.10. The summed E-state index contributed by atoms with van der Waals surface area (Å²) in [7, 11) is 1.62. The van der Waals surface area contributed by atoms with Crippen LogP contribution in [-0.2, 0) is 9.47 Å². The van der Waals surface area contributed by atoms with Gasteiger partial charge in [0.25, 0.3) is 0 Å². The normalized spacial score (nSPS) is 26.0. The Balaban J connectivity index is 1.89. The molecule has 1 aliphatic carbocycles. The molecule has 0 aromatic heterocycles. The van der Waals surface area contributed by atoms with E-state index in [0.717, 1.165) is 6.42 Å². The van der Waals surface area contributed by atoms with Crippen LogP contribution in [0.2, 0.25) is 0 Å². The van der Waals surface area contributed by atoms with Gasteiger partial charge >= 0.3 is 0 Å². The van der Waals surface area contributed by atoms with Crippen LogP contribution in [0.25, 0.3) is 0 Å². The van der Waals surface area contributed by atoms with Gasteiger partial charge in [-0.1, -0.05) is 0 Å². The predicted molar refractivity (Wildman–Crippen MR) is 72.7 cm³/mol. The summed E-state index contributed by atoms with van der Waals surface area (Å²) in [4.78, 5) is 0. The topological polar surface area (TPSA) is 53.7 Å². The molecule has 0 amide bonds. The standard InChI is InChI=1S/C13H17BrFNO3/c1-17-4-5-18-13-11(16)7-12(13)19-8-2-3-10(15)9(14)6-8/h2-3,6,11-13H,4-5,7,16H2,1H3. The fraction of sp³-hybridized carbons (Fsp3) is 0.538. The predicted octanol–water partition coefficient (Wildman–Crippen LogP) is 2.10. The van der Waals surface area contributed by atoms with E-state index in [1.54, 1.807) is 19.2 Å². The lowest BCUT2D eigenvalue weighted by Crippen LogP contribution is -2.59. The van der Waals surface area contributed by atoms with E-state index in [0.29, 0.717) is 23.4 Å². The van der Waals surface area contributed by atoms with Crippen LogP contribution in [0.4, 0.5) is 4.39 Å². The summed E-state index contributed by atoms with van der Waals surface area (Å²) in [6, 6.07) is 4.53. The molecular formula is C13H17BrFNO3. The maximum Gasteiger partial charge on any atom is 0.137 e. The average molecular weight is 334 g/mol. The zero-order chi connectivity index (χ0) is 13.8. The third kappa shape index (κ3) is 3.66. The van der Waals surface area contributed by atoms with Crippen molar-refractivity contribution in [3.05, 3.63) is 28.5 Å². The molecule has 1 fully saturated rings. The summed E-state index contributed by atoms with van der Waals surface area (Å²) in [6.07, 6.45) is 0.496. The first-order valence-electron chi connectivity index (χ1n) is 6.09. The third-order valence-electron chi connectivity index (χ3n) is 3.07. The van der Waals surface area contributed by atoms with Gasteiger partial charge in [0, 0.05) is 19.6 Å². The monoisotopic (exact) mass is 333 g/mol. The van der Waals surface area contributed by atoms with E-state index in [9.17, 15) is 4.39 Å². The van der Waals surface area contributed by atoms with Gasteiger partial charge in [-0.15, -0.1) is 0 Å². The molecule has 3 unspecified atom stereocenters. The number of nitrogens with two attached hydrogens (primary N) is 1. The molecule has 1 aromatic rings. The highest BCUT2D eigenvalue weighted by Crippen LogP contribution is 2.29. The van der Waals surface area contributed by atoms with Crippen LogP contribution in [0.3, 0.4) is 0 Å². The second kappa shape index (κ2) is 6.65. The van der Waals surface area contributed by atoms with E-state index < -0.39 is 0 Å². The van der Waals surface area contributed by atoms with Crippen molar-refractivity contribution >= 4 is 15.9 Å². The van der Waals surface area contributed by atoms with Crippen molar-refractivity contribution in [2.75, 3.05) is 20.3 Å². The van der Waals surface area contributed by atoms with E-state index in [1.807, 2.05) is 0 Å². The summed E-state index contributed by atoms with van der Waals surface area (Å²) in [5.41, 5.74) is 5.89. The summed E-state index contributed by atoms with van der Waals surface area (Å²) in [5.74, 6) is 0.288. The van der Waals surface area contributed by atoms with Crippen LogP contribution in [0.15, 0.2) is 22.7 Å². The lowest BCUT2D eigenvalue weighted by molar-refractivity contribution is -0.107. The Morgan fingerprint density at radius 1 is 1.42 bits per heavy atom. The van der Waals surface area contributed by atoms with Crippen molar-refractivity contribution in [3.8, 4) is 5.75 Å².